The summed E-state index contributed by atoms with van der Waals surface area (Å²) in [5, 5.41) is 15.3. The molecule has 1 saturated heterocycles. The molecule has 0 saturated carbocycles. The van der Waals surface area contributed by atoms with Gasteiger partial charge in [-0.05, 0) is 50.1 Å². The van der Waals surface area contributed by atoms with Crippen LogP contribution in [0.3, 0.4) is 0 Å². The SMILES string of the molecule is COCCCCC(O)(c1ccccc1OCC(C)(C)C)[C@@H]1CCCNC1. The summed E-state index contributed by atoms with van der Waals surface area (Å²) in [6, 6.07) is 8.04. The molecule has 1 unspecified atom stereocenters. The van der Waals surface area contributed by atoms with E-state index < -0.39 is 5.60 Å². The number of unbranched alkanes of at least 4 members (excludes halogenated alkanes) is 1. The number of rotatable bonds is 9. The zero-order valence-electron chi connectivity index (χ0n) is 17.0. The lowest BCUT2D eigenvalue weighted by Gasteiger charge is -2.40. The van der Waals surface area contributed by atoms with Gasteiger partial charge in [0.25, 0.3) is 0 Å². The molecule has 1 aliphatic rings. The number of ether oxygens (including phenoxy) is 2. The summed E-state index contributed by atoms with van der Waals surface area (Å²) in [4.78, 5) is 0. The van der Waals surface area contributed by atoms with Crippen molar-refractivity contribution in [2.24, 2.45) is 11.3 Å². The van der Waals surface area contributed by atoms with Gasteiger partial charge in [0.05, 0.1) is 12.2 Å². The first kappa shape index (κ1) is 21.2. The first-order valence-electron chi connectivity index (χ1n) is 10.0. The van der Waals surface area contributed by atoms with Crippen molar-refractivity contribution >= 4 is 0 Å². The van der Waals surface area contributed by atoms with E-state index in [4.69, 9.17) is 9.47 Å². The largest absolute Gasteiger partial charge is 0.493 e. The van der Waals surface area contributed by atoms with Crippen molar-refractivity contribution in [3.8, 4) is 5.75 Å². The van der Waals surface area contributed by atoms with E-state index in [1.165, 1.54) is 0 Å². The van der Waals surface area contributed by atoms with E-state index in [9.17, 15) is 5.11 Å². The summed E-state index contributed by atoms with van der Waals surface area (Å²) in [6.45, 7) is 9.76. The van der Waals surface area contributed by atoms with Gasteiger partial charge in [-0.25, -0.2) is 0 Å². The fourth-order valence-electron chi connectivity index (χ4n) is 3.70. The molecule has 0 bridgehead atoms. The molecule has 0 aromatic heterocycles. The molecule has 1 heterocycles. The van der Waals surface area contributed by atoms with Gasteiger partial charge < -0.3 is 19.9 Å². The third kappa shape index (κ3) is 5.97. The Morgan fingerprint density at radius 1 is 1.19 bits per heavy atom. The van der Waals surface area contributed by atoms with Gasteiger partial charge in [0.1, 0.15) is 5.75 Å². The van der Waals surface area contributed by atoms with Crippen molar-refractivity contribution in [2.75, 3.05) is 33.4 Å². The van der Waals surface area contributed by atoms with Crippen LogP contribution in [0.15, 0.2) is 24.3 Å². The van der Waals surface area contributed by atoms with Crippen LogP contribution in [0.4, 0.5) is 0 Å². The Morgan fingerprint density at radius 2 is 1.96 bits per heavy atom. The number of para-hydroxylation sites is 1. The molecule has 2 atom stereocenters. The van der Waals surface area contributed by atoms with Crippen LogP contribution in [0.25, 0.3) is 0 Å². The third-order valence-electron chi connectivity index (χ3n) is 5.14. The maximum atomic E-state index is 11.9. The van der Waals surface area contributed by atoms with Crippen molar-refractivity contribution in [1.29, 1.82) is 0 Å². The minimum atomic E-state index is -0.865. The zero-order valence-corrected chi connectivity index (χ0v) is 17.0. The number of benzene rings is 1. The molecule has 0 amide bonds. The van der Waals surface area contributed by atoms with Crippen LogP contribution in [0.5, 0.6) is 5.75 Å². The second-order valence-electron chi connectivity index (χ2n) is 8.76. The molecule has 2 N–H and O–H groups in total. The first-order chi connectivity index (χ1) is 12.4. The van der Waals surface area contributed by atoms with Crippen LogP contribution >= 0.6 is 0 Å². The predicted octanol–water partition coefficient (Wildman–Crippen LogP) is 4.12. The Kier molecular flexibility index (Phi) is 7.93. The molecule has 4 heteroatoms. The van der Waals surface area contributed by atoms with E-state index in [2.05, 4.69) is 26.1 Å². The summed E-state index contributed by atoms with van der Waals surface area (Å²) < 4.78 is 11.3. The average Bonchev–Trinajstić information content (AvgIpc) is 2.64. The highest BCUT2D eigenvalue weighted by atomic mass is 16.5. The number of aliphatic hydroxyl groups is 1. The lowest BCUT2D eigenvalue weighted by atomic mass is 9.74. The fourth-order valence-corrected chi connectivity index (χ4v) is 3.70. The third-order valence-corrected chi connectivity index (χ3v) is 5.14. The predicted molar refractivity (Wildman–Crippen MR) is 107 cm³/mol. The molecule has 0 aliphatic carbocycles. The summed E-state index contributed by atoms with van der Waals surface area (Å²) in [7, 11) is 1.73. The van der Waals surface area contributed by atoms with E-state index in [0.29, 0.717) is 6.61 Å². The Hall–Kier alpha value is -1.10. The minimum absolute atomic E-state index is 0.0795. The average molecular weight is 364 g/mol. The highest BCUT2D eigenvalue weighted by Crippen LogP contribution is 2.42. The van der Waals surface area contributed by atoms with Crippen LogP contribution in [0.2, 0.25) is 0 Å². The molecular weight excluding hydrogens is 326 g/mol. The minimum Gasteiger partial charge on any atom is -0.493 e. The number of nitrogens with one attached hydrogen (secondary N) is 1. The number of piperidine rings is 1. The lowest BCUT2D eigenvalue weighted by Crippen LogP contribution is -2.44. The van der Waals surface area contributed by atoms with Crippen molar-refractivity contribution < 1.29 is 14.6 Å². The van der Waals surface area contributed by atoms with Gasteiger partial charge in [-0.15, -0.1) is 0 Å². The van der Waals surface area contributed by atoms with Gasteiger partial charge in [0, 0.05) is 31.7 Å². The van der Waals surface area contributed by atoms with Gasteiger partial charge in [0.2, 0.25) is 0 Å². The number of hydrogen-bond acceptors (Lipinski definition) is 4. The molecule has 1 aromatic rings. The topological polar surface area (TPSA) is 50.7 Å². The number of methoxy groups -OCH3 is 1. The van der Waals surface area contributed by atoms with Gasteiger partial charge in [-0.2, -0.15) is 0 Å². The quantitative estimate of drug-likeness (QED) is 0.648. The zero-order chi connectivity index (χ0) is 19.0. The van der Waals surface area contributed by atoms with Crippen LogP contribution in [-0.2, 0) is 10.3 Å². The molecule has 1 aromatic carbocycles. The Balaban J connectivity index is 2.25. The summed E-state index contributed by atoms with van der Waals surface area (Å²) in [5.41, 5.74) is 0.154. The van der Waals surface area contributed by atoms with Gasteiger partial charge in [0.15, 0.2) is 0 Å². The Morgan fingerprint density at radius 3 is 2.62 bits per heavy atom. The summed E-state index contributed by atoms with van der Waals surface area (Å²) >= 11 is 0. The fraction of sp³-hybridized carbons (Fsp3) is 0.727. The van der Waals surface area contributed by atoms with Crippen molar-refractivity contribution in [1.82, 2.24) is 5.32 Å². The van der Waals surface area contributed by atoms with E-state index >= 15 is 0 Å². The summed E-state index contributed by atoms with van der Waals surface area (Å²) in [5.74, 6) is 1.03. The smallest absolute Gasteiger partial charge is 0.125 e. The molecule has 0 radical (unpaired) electrons. The molecule has 1 aliphatic heterocycles. The van der Waals surface area contributed by atoms with E-state index in [1.807, 2.05) is 24.3 Å². The molecule has 148 valence electrons. The van der Waals surface area contributed by atoms with Crippen molar-refractivity contribution in [3.63, 3.8) is 0 Å². The Labute approximate surface area is 159 Å². The van der Waals surface area contributed by atoms with Crippen LogP contribution in [-0.4, -0.2) is 38.5 Å². The molecule has 0 spiro atoms. The highest BCUT2D eigenvalue weighted by molar-refractivity contribution is 5.39. The monoisotopic (exact) mass is 363 g/mol. The van der Waals surface area contributed by atoms with Gasteiger partial charge >= 0.3 is 0 Å². The first-order valence-corrected chi connectivity index (χ1v) is 10.0. The van der Waals surface area contributed by atoms with E-state index in [1.54, 1.807) is 7.11 Å². The lowest BCUT2D eigenvalue weighted by molar-refractivity contribution is -0.0456. The van der Waals surface area contributed by atoms with Crippen molar-refractivity contribution in [2.45, 2.75) is 58.5 Å². The van der Waals surface area contributed by atoms with Crippen LogP contribution in [0.1, 0.15) is 58.4 Å². The summed E-state index contributed by atoms with van der Waals surface area (Å²) in [6.07, 6.45) is 4.79. The normalized spacial score (nSPS) is 20.6. The maximum Gasteiger partial charge on any atom is 0.125 e. The van der Waals surface area contributed by atoms with Crippen LogP contribution in [0, 0.1) is 11.3 Å². The van der Waals surface area contributed by atoms with E-state index in [-0.39, 0.29) is 11.3 Å². The number of hydrogen-bond donors (Lipinski definition) is 2. The van der Waals surface area contributed by atoms with Gasteiger partial charge in [-0.3, -0.25) is 0 Å². The Bertz CT molecular complexity index is 534. The molecule has 1 fully saturated rings. The molecule has 4 nitrogen and oxygen atoms in total. The standard InChI is InChI=1S/C22H37NO3/c1-21(2,3)17-26-20-12-6-5-11-19(20)22(24,13-7-8-15-25-4)18-10-9-14-23-16-18/h5-6,11-12,18,23-24H,7-10,13-17H2,1-4H3/t18-,22?/m1/s1. The molecule has 26 heavy (non-hydrogen) atoms. The van der Waals surface area contributed by atoms with E-state index in [0.717, 1.165) is 63.1 Å². The van der Waals surface area contributed by atoms with Gasteiger partial charge in [-0.1, -0.05) is 39.0 Å². The molecular formula is C22H37NO3. The second-order valence-corrected chi connectivity index (χ2v) is 8.76. The van der Waals surface area contributed by atoms with Crippen LogP contribution < -0.4 is 10.1 Å². The second kappa shape index (κ2) is 9.72. The highest BCUT2D eigenvalue weighted by Gasteiger charge is 2.40. The van der Waals surface area contributed by atoms with Crippen molar-refractivity contribution in [3.05, 3.63) is 29.8 Å². The molecule has 2 rings (SSSR count). The maximum absolute atomic E-state index is 11.9.